The monoisotopic (exact) mass is 565 g/mol. The third-order valence-electron chi connectivity index (χ3n) is 8.47. The average molecular weight is 566 g/mol. The van der Waals surface area contributed by atoms with Gasteiger partial charge in [0.25, 0.3) is 0 Å². The lowest BCUT2D eigenvalue weighted by Gasteiger charge is -2.42. The smallest absolute Gasteiger partial charge is 0.167 e. The van der Waals surface area contributed by atoms with Crippen molar-refractivity contribution in [3.8, 4) is 0 Å². The van der Waals surface area contributed by atoms with E-state index in [1.54, 1.807) is 0 Å². The lowest BCUT2D eigenvalue weighted by molar-refractivity contribution is -0.122. The van der Waals surface area contributed by atoms with Crippen LogP contribution >= 0.6 is 0 Å². The van der Waals surface area contributed by atoms with Gasteiger partial charge in [-0.3, -0.25) is 9.79 Å². The van der Waals surface area contributed by atoms with Crippen LogP contribution in [0.4, 0.5) is 0 Å². The molecule has 44 heavy (non-hydrogen) atoms. The van der Waals surface area contributed by atoms with Crippen molar-refractivity contribution in [3.05, 3.63) is 221 Å². The van der Waals surface area contributed by atoms with Crippen LogP contribution in [0.5, 0.6) is 0 Å². The minimum Gasteiger partial charge on any atom is -0.297 e. The highest BCUT2D eigenvalue weighted by Gasteiger charge is 2.54. The highest BCUT2D eigenvalue weighted by atomic mass is 16.1. The van der Waals surface area contributed by atoms with Gasteiger partial charge >= 0.3 is 0 Å². The third kappa shape index (κ3) is 4.71. The van der Waals surface area contributed by atoms with Crippen molar-refractivity contribution >= 4 is 17.1 Å². The van der Waals surface area contributed by atoms with E-state index >= 15 is 4.79 Å². The van der Waals surface area contributed by atoms with Gasteiger partial charge in [0.15, 0.2) is 5.78 Å². The summed E-state index contributed by atoms with van der Waals surface area (Å²) >= 11 is 0. The summed E-state index contributed by atoms with van der Waals surface area (Å²) in [6.45, 7) is 0. The number of carbonyl (C=O) groups is 1. The number of rotatable bonds is 6. The number of ketones is 1. The molecule has 0 amide bonds. The first-order valence-electron chi connectivity index (χ1n) is 15.0. The Morgan fingerprint density at radius 2 is 0.864 bits per heavy atom. The van der Waals surface area contributed by atoms with Gasteiger partial charge in [0.2, 0.25) is 0 Å². The molecule has 0 fully saturated rings. The van der Waals surface area contributed by atoms with Crippen molar-refractivity contribution in [1.82, 2.24) is 0 Å². The number of hydrogen-bond acceptors (Lipinski definition) is 2. The third-order valence-corrected chi connectivity index (χ3v) is 8.47. The second-order valence-electron chi connectivity index (χ2n) is 11.0. The predicted molar refractivity (Wildman–Crippen MR) is 180 cm³/mol. The minimum absolute atomic E-state index is 0.0781. The normalized spacial score (nSPS) is 15.8. The molecule has 6 aromatic rings. The first-order valence-corrected chi connectivity index (χ1v) is 15.0. The number of hydrogen-bond donors (Lipinski definition) is 0. The zero-order chi connectivity index (χ0) is 29.8. The summed E-state index contributed by atoms with van der Waals surface area (Å²) in [7, 11) is 0. The fourth-order valence-corrected chi connectivity index (χ4v) is 6.52. The maximum atomic E-state index is 15.9. The molecule has 0 saturated carbocycles. The molecule has 0 aliphatic carbocycles. The van der Waals surface area contributed by atoms with Crippen molar-refractivity contribution in [2.75, 3.05) is 0 Å². The summed E-state index contributed by atoms with van der Waals surface area (Å²) in [4.78, 5) is 21.6. The Morgan fingerprint density at radius 1 is 0.477 bits per heavy atom. The molecular weight excluding hydrogens is 534 g/mol. The van der Waals surface area contributed by atoms with E-state index in [4.69, 9.17) is 4.99 Å². The van der Waals surface area contributed by atoms with Gasteiger partial charge in [-0.05, 0) is 33.4 Å². The van der Waals surface area contributed by atoms with Gasteiger partial charge in [-0.15, -0.1) is 0 Å². The molecule has 0 N–H and O–H groups in total. The van der Waals surface area contributed by atoms with Gasteiger partial charge in [-0.1, -0.05) is 182 Å². The summed E-state index contributed by atoms with van der Waals surface area (Å²) in [5.74, 6) is -0.509. The van der Waals surface area contributed by atoms with Gasteiger partial charge in [0.05, 0.1) is 17.3 Å². The Balaban J connectivity index is 1.71. The van der Waals surface area contributed by atoms with Crippen LogP contribution in [0.15, 0.2) is 193 Å². The Bertz CT molecular complexity index is 1850. The molecule has 1 atom stereocenters. The van der Waals surface area contributed by atoms with Crippen LogP contribution in [-0.2, 0) is 10.2 Å². The van der Waals surface area contributed by atoms with Crippen molar-refractivity contribution in [1.29, 1.82) is 0 Å². The number of nitrogens with zero attached hydrogens (tertiary/aromatic N) is 1. The predicted octanol–water partition coefficient (Wildman–Crippen LogP) is 9.29. The molecule has 0 saturated heterocycles. The molecule has 0 radical (unpaired) electrons. The van der Waals surface area contributed by atoms with Crippen molar-refractivity contribution in [3.63, 3.8) is 0 Å². The minimum atomic E-state index is -1.19. The van der Waals surface area contributed by atoms with Crippen LogP contribution in [0.25, 0.3) is 5.57 Å². The van der Waals surface area contributed by atoms with Crippen LogP contribution in [0, 0.1) is 0 Å². The lowest BCUT2D eigenvalue weighted by atomic mass is 9.60. The molecule has 1 heterocycles. The van der Waals surface area contributed by atoms with E-state index in [2.05, 4.69) is 60.7 Å². The first kappa shape index (κ1) is 27.2. The molecule has 1 aliphatic heterocycles. The zero-order valence-corrected chi connectivity index (χ0v) is 24.3. The van der Waals surface area contributed by atoms with E-state index < -0.39 is 11.3 Å². The van der Waals surface area contributed by atoms with E-state index in [-0.39, 0.29) is 5.78 Å². The first-order chi connectivity index (χ1) is 21.8. The lowest BCUT2D eigenvalue weighted by Crippen LogP contribution is -2.48. The summed E-state index contributed by atoms with van der Waals surface area (Å²) in [5, 5.41) is 0. The summed E-state index contributed by atoms with van der Waals surface area (Å²) in [6, 6.07) is 61.3. The van der Waals surface area contributed by atoms with Crippen LogP contribution < -0.4 is 0 Å². The molecule has 0 aromatic heterocycles. The second kappa shape index (κ2) is 11.9. The number of carbonyl (C=O) groups excluding carboxylic acids is 1. The number of aliphatic imine (C=N–C) groups is 1. The summed E-state index contributed by atoms with van der Waals surface area (Å²) in [6.07, 6.45) is 0. The van der Waals surface area contributed by atoms with Crippen molar-refractivity contribution in [2.45, 2.75) is 11.3 Å². The Morgan fingerprint density at radius 3 is 1.32 bits per heavy atom. The van der Waals surface area contributed by atoms with Gasteiger partial charge < -0.3 is 0 Å². The van der Waals surface area contributed by atoms with Crippen LogP contribution in [0.2, 0.25) is 0 Å². The maximum absolute atomic E-state index is 15.9. The average Bonchev–Trinajstić information content (AvgIpc) is 3.11. The number of allylic oxidation sites excluding steroid dienone is 1. The molecule has 2 heteroatoms. The molecule has 1 aliphatic rings. The van der Waals surface area contributed by atoms with Gasteiger partial charge in [0.1, 0.15) is 5.41 Å². The number of benzene rings is 6. The van der Waals surface area contributed by atoms with E-state index in [0.717, 1.165) is 50.4 Å². The second-order valence-corrected chi connectivity index (χ2v) is 11.0. The topological polar surface area (TPSA) is 29.4 Å². The van der Waals surface area contributed by atoms with Crippen molar-refractivity contribution in [2.24, 2.45) is 4.99 Å². The fraction of sp³-hybridized carbons (Fsp3) is 0.0476. The molecule has 6 aromatic carbocycles. The molecule has 7 rings (SSSR count). The van der Waals surface area contributed by atoms with Gasteiger partial charge in [-0.2, -0.15) is 0 Å². The number of Topliss-reactive ketones (excluding diaryl/α,β-unsaturated/α-hetero) is 1. The van der Waals surface area contributed by atoms with E-state index in [9.17, 15) is 0 Å². The van der Waals surface area contributed by atoms with Crippen LogP contribution in [-0.4, -0.2) is 11.5 Å². The van der Waals surface area contributed by atoms with Gasteiger partial charge in [-0.25, -0.2) is 0 Å². The molecule has 0 bridgehead atoms. The van der Waals surface area contributed by atoms with Crippen LogP contribution in [0.3, 0.4) is 0 Å². The summed E-state index contributed by atoms with van der Waals surface area (Å²) in [5.41, 5.74) is 6.89. The molecule has 2 nitrogen and oxygen atoms in total. The Hall–Kier alpha value is -5.60. The standard InChI is InChI=1S/C42H31NO/c44-41-38(33-23-11-3-12-24-33)39(34-25-13-4-14-26-34)43-40(37(31-19-7-1-8-20-31)32-21-9-2-10-22-32)42(41,35-27-15-5-16-28-35)36-29-17-6-18-30-36/h1-30,38H. The largest absolute Gasteiger partial charge is 0.297 e. The SMILES string of the molecule is O=C1C(c2ccccc2)C(c2ccccc2)=NC(=C(c2ccccc2)c2ccccc2)C1(c1ccccc1)c1ccccc1. The fourth-order valence-electron chi connectivity index (χ4n) is 6.52. The molecule has 210 valence electrons. The Labute approximate surface area is 258 Å². The van der Waals surface area contributed by atoms with E-state index in [1.807, 2.05) is 121 Å². The van der Waals surface area contributed by atoms with E-state index in [1.165, 1.54) is 0 Å². The Kier molecular flexibility index (Phi) is 7.40. The van der Waals surface area contributed by atoms with E-state index in [0.29, 0.717) is 0 Å². The zero-order valence-electron chi connectivity index (χ0n) is 24.3. The quantitative estimate of drug-likeness (QED) is 0.198. The maximum Gasteiger partial charge on any atom is 0.167 e. The molecule has 0 spiro atoms. The summed E-state index contributed by atoms with van der Waals surface area (Å²) < 4.78 is 0. The van der Waals surface area contributed by atoms with Crippen molar-refractivity contribution < 1.29 is 4.79 Å². The molecule has 1 unspecified atom stereocenters. The highest BCUT2D eigenvalue weighted by molar-refractivity contribution is 6.25. The molecular formula is C42H31NO. The van der Waals surface area contributed by atoms with Crippen LogP contribution in [0.1, 0.15) is 39.3 Å². The van der Waals surface area contributed by atoms with Gasteiger partial charge in [0, 0.05) is 5.57 Å². The highest BCUT2D eigenvalue weighted by Crippen LogP contribution is 2.52.